The van der Waals surface area contributed by atoms with Crippen molar-refractivity contribution in [1.29, 1.82) is 0 Å². The number of aromatic nitrogens is 1. The highest BCUT2D eigenvalue weighted by Gasteiger charge is 2.14. The zero-order chi connectivity index (χ0) is 11.3. The summed E-state index contributed by atoms with van der Waals surface area (Å²) in [5.41, 5.74) is -0.0826. The predicted octanol–water partition coefficient (Wildman–Crippen LogP) is 1.17. The number of aliphatic hydroxyl groups is 1. The second-order valence-corrected chi connectivity index (χ2v) is 3.07. The predicted molar refractivity (Wildman–Crippen MR) is 55.7 cm³/mol. The monoisotopic (exact) mass is 211 g/mol. The number of pyridine rings is 1. The van der Waals surface area contributed by atoms with E-state index in [0.717, 1.165) is 0 Å². The summed E-state index contributed by atoms with van der Waals surface area (Å²) >= 11 is 0. The molecule has 0 aliphatic heterocycles. The number of nitrogens with one attached hydrogen (secondary N) is 1. The lowest BCUT2D eigenvalue weighted by Crippen LogP contribution is -2.19. The highest BCUT2D eigenvalue weighted by Crippen LogP contribution is 2.19. The van der Waals surface area contributed by atoms with Crippen molar-refractivity contribution in [3.63, 3.8) is 0 Å². The second-order valence-electron chi connectivity index (χ2n) is 3.07. The molecule has 82 valence electrons. The van der Waals surface area contributed by atoms with Gasteiger partial charge in [0.2, 0.25) is 5.82 Å². The number of anilines is 1. The Balaban J connectivity index is 2.72. The first-order valence-electron chi connectivity index (χ1n) is 4.66. The lowest BCUT2D eigenvalue weighted by atomic mass is 10.3. The van der Waals surface area contributed by atoms with Gasteiger partial charge in [-0.15, -0.1) is 0 Å². The van der Waals surface area contributed by atoms with Gasteiger partial charge in [0, 0.05) is 18.8 Å². The minimum atomic E-state index is -0.522. The van der Waals surface area contributed by atoms with E-state index in [1.54, 1.807) is 0 Å². The van der Waals surface area contributed by atoms with E-state index in [1.165, 1.54) is 18.3 Å². The summed E-state index contributed by atoms with van der Waals surface area (Å²) in [6.45, 7) is 2.09. The summed E-state index contributed by atoms with van der Waals surface area (Å²) in [7, 11) is 0. The number of rotatable bonds is 5. The molecular formula is C9H13N3O3. The Morgan fingerprint density at radius 2 is 2.47 bits per heavy atom. The van der Waals surface area contributed by atoms with Crippen LogP contribution in [0, 0.1) is 10.1 Å². The number of hydrogen-bond acceptors (Lipinski definition) is 5. The van der Waals surface area contributed by atoms with E-state index in [2.05, 4.69) is 10.3 Å². The molecule has 2 N–H and O–H groups in total. The van der Waals surface area contributed by atoms with Gasteiger partial charge in [0.05, 0.1) is 11.0 Å². The lowest BCUT2D eigenvalue weighted by molar-refractivity contribution is -0.384. The molecule has 1 heterocycles. The average Bonchev–Trinajstić information content (AvgIpc) is 2.26. The molecule has 0 aliphatic rings. The van der Waals surface area contributed by atoms with Crippen LogP contribution >= 0.6 is 0 Å². The molecule has 0 radical (unpaired) electrons. The first-order chi connectivity index (χ1) is 7.15. The van der Waals surface area contributed by atoms with Gasteiger partial charge < -0.3 is 10.4 Å². The molecule has 0 amide bonds. The Morgan fingerprint density at radius 1 is 1.73 bits per heavy atom. The van der Waals surface area contributed by atoms with Crippen molar-refractivity contribution in [3.8, 4) is 0 Å². The molecule has 0 saturated carbocycles. The van der Waals surface area contributed by atoms with Crippen molar-refractivity contribution in [2.75, 3.05) is 11.9 Å². The summed E-state index contributed by atoms with van der Waals surface area (Å²) in [6, 6.07) is 2.87. The topological polar surface area (TPSA) is 88.3 Å². The van der Waals surface area contributed by atoms with Crippen LogP contribution in [0.1, 0.15) is 13.3 Å². The Morgan fingerprint density at radius 3 is 3.07 bits per heavy atom. The molecule has 6 nitrogen and oxygen atoms in total. The fraction of sp³-hybridized carbons (Fsp3) is 0.444. The van der Waals surface area contributed by atoms with E-state index in [0.29, 0.717) is 6.42 Å². The molecule has 1 aromatic rings. The molecule has 0 fully saturated rings. The molecule has 1 aromatic heterocycles. The first kappa shape index (κ1) is 11.4. The van der Waals surface area contributed by atoms with Crippen molar-refractivity contribution in [1.82, 2.24) is 4.98 Å². The third kappa shape index (κ3) is 3.17. The first-order valence-corrected chi connectivity index (χ1v) is 4.66. The van der Waals surface area contributed by atoms with Crippen LogP contribution in [-0.4, -0.2) is 27.7 Å². The van der Waals surface area contributed by atoms with Crippen LogP contribution in [0.15, 0.2) is 18.3 Å². The summed E-state index contributed by atoms with van der Waals surface area (Å²) in [4.78, 5) is 13.9. The smallest absolute Gasteiger partial charge is 0.311 e. The fourth-order valence-corrected chi connectivity index (χ4v) is 1.04. The van der Waals surface area contributed by atoms with Crippen molar-refractivity contribution >= 4 is 11.5 Å². The average molecular weight is 211 g/mol. The van der Waals surface area contributed by atoms with E-state index in [1.807, 2.05) is 6.92 Å². The minimum absolute atomic E-state index is 0.0826. The Labute approximate surface area is 87.1 Å². The van der Waals surface area contributed by atoms with Gasteiger partial charge in [-0.3, -0.25) is 10.1 Å². The van der Waals surface area contributed by atoms with E-state index in [9.17, 15) is 15.2 Å². The molecule has 15 heavy (non-hydrogen) atoms. The van der Waals surface area contributed by atoms with Crippen LogP contribution in [0.3, 0.4) is 0 Å². The maximum atomic E-state index is 10.6. The van der Waals surface area contributed by atoms with Gasteiger partial charge in [0.15, 0.2) is 0 Å². The van der Waals surface area contributed by atoms with Gasteiger partial charge in [-0.1, -0.05) is 6.92 Å². The minimum Gasteiger partial charge on any atom is -0.391 e. The SMILES string of the molecule is CCC(O)CNc1ncccc1[N+](=O)[O-]. The maximum Gasteiger partial charge on any atom is 0.311 e. The molecule has 1 rings (SSSR count). The highest BCUT2D eigenvalue weighted by molar-refractivity contribution is 5.55. The van der Waals surface area contributed by atoms with E-state index in [4.69, 9.17) is 0 Å². The van der Waals surface area contributed by atoms with Gasteiger partial charge in [0.1, 0.15) is 0 Å². The third-order valence-electron chi connectivity index (χ3n) is 1.96. The third-order valence-corrected chi connectivity index (χ3v) is 1.96. The quantitative estimate of drug-likeness (QED) is 0.563. The number of nitrogens with zero attached hydrogens (tertiary/aromatic N) is 2. The van der Waals surface area contributed by atoms with Crippen molar-refractivity contribution < 1.29 is 10.0 Å². The standard InChI is InChI=1S/C9H13N3O3/c1-2-7(13)6-11-9-8(12(14)15)4-3-5-10-9/h3-5,7,13H,2,6H2,1H3,(H,10,11). The zero-order valence-corrected chi connectivity index (χ0v) is 8.38. The molecule has 0 bridgehead atoms. The molecule has 0 spiro atoms. The van der Waals surface area contributed by atoms with E-state index in [-0.39, 0.29) is 18.1 Å². The Bertz CT molecular complexity index is 343. The maximum absolute atomic E-state index is 10.6. The molecule has 0 aromatic carbocycles. The van der Waals surface area contributed by atoms with Gasteiger partial charge in [0.25, 0.3) is 0 Å². The van der Waals surface area contributed by atoms with Crippen molar-refractivity contribution in [3.05, 3.63) is 28.4 Å². The molecule has 0 aliphatic carbocycles. The van der Waals surface area contributed by atoms with Crippen molar-refractivity contribution in [2.24, 2.45) is 0 Å². The number of hydrogen-bond donors (Lipinski definition) is 2. The van der Waals surface area contributed by atoms with Gasteiger partial charge in [-0.25, -0.2) is 4.98 Å². The molecular weight excluding hydrogens is 198 g/mol. The summed E-state index contributed by atoms with van der Waals surface area (Å²) < 4.78 is 0. The highest BCUT2D eigenvalue weighted by atomic mass is 16.6. The van der Waals surface area contributed by atoms with Crippen LogP contribution < -0.4 is 5.32 Å². The van der Waals surface area contributed by atoms with Crippen LogP contribution in [0.4, 0.5) is 11.5 Å². The summed E-state index contributed by atoms with van der Waals surface area (Å²) in [5, 5.41) is 22.6. The van der Waals surface area contributed by atoms with Crippen LogP contribution in [0.25, 0.3) is 0 Å². The largest absolute Gasteiger partial charge is 0.391 e. The Kier molecular flexibility index (Phi) is 3.99. The molecule has 1 atom stereocenters. The van der Waals surface area contributed by atoms with Crippen molar-refractivity contribution in [2.45, 2.75) is 19.4 Å². The second kappa shape index (κ2) is 5.26. The van der Waals surface area contributed by atoms with Crippen LogP contribution in [0.2, 0.25) is 0 Å². The molecule has 0 saturated heterocycles. The van der Waals surface area contributed by atoms with Gasteiger partial charge in [-0.05, 0) is 12.5 Å². The van der Waals surface area contributed by atoms with Crippen LogP contribution in [0.5, 0.6) is 0 Å². The molecule has 6 heteroatoms. The van der Waals surface area contributed by atoms with Gasteiger partial charge in [-0.2, -0.15) is 0 Å². The lowest BCUT2D eigenvalue weighted by Gasteiger charge is -2.09. The summed E-state index contributed by atoms with van der Waals surface area (Å²) in [6.07, 6.45) is 1.54. The number of aliphatic hydroxyl groups excluding tert-OH is 1. The van der Waals surface area contributed by atoms with E-state index < -0.39 is 11.0 Å². The normalized spacial score (nSPS) is 12.1. The zero-order valence-electron chi connectivity index (χ0n) is 8.38. The van der Waals surface area contributed by atoms with Gasteiger partial charge >= 0.3 is 5.69 Å². The summed E-state index contributed by atoms with van der Waals surface area (Å²) in [5.74, 6) is 0.190. The Hall–Kier alpha value is -1.69. The molecule has 1 unspecified atom stereocenters. The number of nitro groups is 1. The fourth-order valence-electron chi connectivity index (χ4n) is 1.04. The van der Waals surface area contributed by atoms with Crippen LogP contribution in [-0.2, 0) is 0 Å². The van der Waals surface area contributed by atoms with E-state index >= 15 is 0 Å².